The third kappa shape index (κ3) is 9.41. The summed E-state index contributed by atoms with van der Waals surface area (Å²) in [6, 6.07) is 5.40. The van der Waals surface area contributed by atoms with E-state index in [0.717, 1.165) is 37.2 Å². The zero-order valence-corrected chi connectivity index (χ0v) is 34.2. The van der Waals surface area contributed by atoms with E-state index in [2.05, 4.69) is 27.8 Å². The normalized spacial score (nSPS) is 22.6. The number of rotatable bonds is 13. The summed E-state index contributed by atoms with van der Waals surface area (Å²) in [6.45, 7) is 13.1. The molecule has 3 heterocycles. The van der Waals surface area contributed by atoms with Crippen LogP contribution >= 0.6 is 11.3 Å². The fraction of sp³-hybridized carbons (Fsp3) is 0.537. The number of nitrogens with one attached hydrogen (secondary N) is 4. The highest BCUT2D eigenvalue weighted by Crippen LogP contribution is 2.45. The average Bonchev–Trinajstić information content (AvgIpc) is 3.43. The van der Waals surface area contributed by atoms with Crippen LogP contribution in [0.15, 0.2) is 42.3 Å². The van der Waals surface area contributed by atoms with Crippen LogP contribution in [0.3, 0.4) is 0 Å². The second-order valence-corrected chi connectivity index (χ2v) is 17.2. The Kier molecular flexibility index (Phi) is 12.3. The smallest absolute Gasteiger partial charge is 0.408 e. The summed E-state index contributed by atoms with van der Waals surface area (Å²) in [7, 11) is 1.58. The number of hydrogen-bond acceptors (Lipinski definition) is 12. The van der Waals surface area contributed by atoms with Crippen molar-refractivity contribution in [1.29, 1.82) is 5.26 Å². The van der Waals surface area contributed by atoms with Crippen LogP contribution in [0.4, 0.5) is 9.93 Å². The molecule has 1 aromatic carbocycles. The number of nitriles is 1. The van der Waals surface area contributed by atoms with Crippen molar-refractivity contribution in [2.45, 2.75) is 115 Å². The summed E-state index contributed by atoms with van der Waals surface area (Å²) in [4.78, 5) is 66.7. The number of ether oxygens (including phenoxy) is 3. The molecule has 304 valence electrons. The van der Waals surface area contributed by atoms with Crippen molar-refractivity contribution in [3.05, 3.63) is 42.3 Å². The van der Waals surface area contributed by atoms with Gasteiger partial charge in [0.1, 0.15) is 46.5 Å². The molecule has 16 heteroatoms. The molecule has 2 aromatic heterocycles. The van der Waals surface area contributed by atoms with Gasteiger partial charge in [0.05, 0.1) is 24.9 Å². The predicted molar refractivity (Wildman–Crippen MR) is 215 cm³/mol. The largest absolute Gasteiger partial charge is 0.497 e. The highest BCUT2D eigenvalue weighted by atomic mass is 32.1. The van der Waals surface area contributed by atoms with E-state index in [-0.39, 0.29) is 31.3 Å². The van der Waals surface area contributed by atoms with Gasteiger partial charge in [0.15, 0.2) is 11.3 Å². The number of amides is 4. The van der Waals surface area contributed by atoms with Crippen LogP contribution < -0.4 is 30.7 Å². The minimum Gasteiger partial charge on any atom is -0.497 e. The molecule has 4 amide bonds. The van der Waals surface area contributed by atoms with Gasteiger partial charge in [-0.1, -0.05) is 25.3 Å². The Labute approximate surface area is 336 Å². The lowest BCUT2D eigenvalue weighted by molar-refractivity contribution is -0.142. The summed E-state index contributed by atoms with van der Waals surface area (Å²) in [5.41, 5.74) is -0.380. The van der Waals surface area contributed by atoms with Crippen molar-refractivity contribution >= 4 is 51.2 Å². The van der Waals surface area contributed by atoms with Crippen molar-refractivity contribution in [2.75, 3.05) is 19.0 Å². The molecule has 15 nitrogen and oxygen atoms in total. The second-order valence-electron chi connectivity index (χ2n) is 16.3. The number of carbonyl (C=O) groups excluding carboxylic acids is 4. The summed E-state index contributed by atoms with van der Waals surface area (Å²) in [5.74, 6) is -1.19. The standard InChI is InChI=1S/C41H52N8O7S/c1-8-25-19-41(25,37(52)43-22-42)48-35(50)32-17-27(20-49(32)36(51)34(24-12-10-9-11-13-24)47-39(53)56-40(4,5)6)55-33-18-30(31-21-57-38(46-31)44-23(2)3)45-29-16-26(54-7)14-15-28(29)33/h8,14-16,18,21,23-25,27,32,34H,1,9-13,17,19-20H2,2-7H3,(H,43,52)(H,44,46)(H,47,53)(H,48,50)/t25?,27-,32+,34-,41-/m1/s1. The van der Waals surface area contributed by atoms with Gasteiger partial charge >= 0.3 is 6.09 Å². The Morgan fingerprint density at radius 2 is 1.86 bits per heavy atom. The number of anilines is 1. The first-order valence-electron chi connectivity index (χ1n) is 19.5. The molecule has 1 saturated heterocycles. The maximum atomic E-state index is 14.8. The van der Waals surface area contributed by atoms with Gasteiger partial charge in [0.2, 0.25) is 11.8 Å². The Morgan fingerprint density at radius 3 is 2.51 bits per heavy atom. The molecule has 4 N–H and O–H groups in total. The van der Waals surface area contributed by atoms with Crippen LogP contribution in [0.5, 0.6) is 11.5 Å². The molecule has 3 aliphatic rings. The fourth-order valence-electron chi connectivity index (χ4n) is 7.75. The molecule has 6 rings (SSSR count). The van der Waals surface area contributed by atoms with Gasteiger partial charge in [0, 0.05) is 41.3 Å². The number of alkyl carbamates (subject to hydrolysis) is 1. The summed E-state index contributed by atoms with van der Waals surface area (Å²) in [5, 5.41) is 23.8. The number of benzene rings is 1. The Balaban J connectivity index is 1.36. The number of nitrogens with zero attached hydrogens (tertiary/aromatic N) is 4. The first-order valence-corrected chi connectivity index (χ1v) is 20.3. The van der Waals surface area contributed by atoms with E-state index >= 15 is 0 Å². The predicted octanol–water partition coefficient (Wildman–Crippen LogP) is 5.67. The molecule has 0 bridgehead atoms. The highest BCUT2D eigenvalue weighted by molar-refractivity contribution is 7.14. The molecule has 3 fully saturated rings. The average molecular weight is 801 g/mol. The van der Waals surface area contributed by atoms with E-state index in [1.807, 2.05) is 25.3 Å². The third-order valence-electron chi connectivity index (χ3n) is 10.6. The SMILES string of the molecule is C=CC1C[C@]1(NC(=O)[C@@H]1C[C@@H](Oc2cc(-c3csc(NC(C)C)n3)nc3cc(OC)ccc23)CN1C(=O)[C@H](NC(=O)OC(C)(C)C)C1CCCCC1)C(=O)NC#N. The summed E-state index contributed by atoms with van der Waals surface area (Å²) < 4.78 is 17.9. The summed E-state index contributed by atoms with van der Waals surface area (Å²) >= 11 is 1.46. The Hall–Kier alpha value is -5.43. The van der Waals surface area contributed by atoms with Gasteiger partial charge in [-0.05, 0) is 71.9 Å². The van der Waals surface area contributed by atoms with E-state index in [4.69, 9.17) is 24.2 Å². The molecule has 0 radical (unpaired) electrons. The number of fused-ring (bicyclic) bond motifs is 1. The van der Waals surface area contributed by atoms with Crippen molar-refractivity contribution in [3.63, 3.8) is 0 Å². The fourth-order valence-corrected chi connectivity index (χ4v) is 8.60. The van der Waals surface area contributed by atoms with E-state index in [1.54, 1.807) is 58.3 Å². The van der Waals surface area contributed by atoms with Gasteiger partial charge in [-0.15, -0.1) is 17.9 Å². The molecule has 3 aromatic rings. The number of likely N-dealkylation sites (tertiary alicyclic amines) is 1. The number of aromatic nitrogens is 2. The van der Waals surface area contributed by atoms with Crippen molar-refractivity contribution in [1.82, 2.24) is 30.8 Å². The monoisotopic (exact) mass is 800 g/mol. The molecular formula is C41H52N8O7S. The van der Waals surface area contributed by atoms with Crippen molar-refractivity contribution in [3.8, 4) is 29.1 Å². The molecular weight excluding hydrogens is 749 g/mol. The van der Waals surface area contributed by atoms with E-state index in [1.165, 1.54) is 16.2 Å². The molecule has 0 spiro atoms. The third-order valence-corrected chi connectivity index (χ3v) is 11.4. The van der Waals surface area contributed by atoms with E-state index in [9.17, 15) is 24.4 Å². The number of pyridine rings is 1. The zero-order chi connectivity index (χ0) is 41.1. The number of carbonyl (C=O) groups is 4. The van der Waals surface area contributed by atoms with Crippen LogP contribution in [-0.4, -0.2) is 87.7 Å². The minimum atomic E-state index is -1.38. The van der Waals surface area contributed by atoms with Crippen LogP contribution in [0.2, 0.25) is 0 Å². The van der Waals surface area contributed by atoms with Crippen LogP contribution in [0, 0.1) is 23.3 Å². The van der Waals surface area contributed by atoms with Gasteiger partial charge in [-0.25, -0.2) is 14.8 Å². The van der Waals surface area contributed by atoms with Crippen molar-refractivity contribution < 1.29 is 33.4 Å². The van der Waals surface area contributed by atoms with Crippen LogP contribution in [0.1, 0.15) is 79.6 Å². The lowest BCUT2D eigenvalue weighted by Crippen LogP contribution is -2.59. The maximum absolute atomic E-state index is 14.8. The van der Waals surface area contributed by atoms with E-state index < -0.39 is 59.1 Å². The van der Waals surface area contributed by atoms with Gasteiger partial charge in [-0.3, -0.25) is 19.7 Å². The van der Waals surface area contributed by atoms with Gasteiger partial charge in [-0.2, -0.15) is 5.26 Å². The molecule has 2 aliphatic carbocycles. The number of thiazole rings is 1. The second kappa shape index (κ2) is 17.0. The first-order chi connectivity index (χ1) is 27.1. The zero-order valence-electron chi connectivity index (χ0n) is 33.3. The number of methoxy groups -OCH3 is 1. The highest BCUT2D eigenvalue weighted by Gasteiger charge is 2.61. The Bertz CT molecular complexity index is 2050. The topological polar surface area (TPSA) is 197 Å². The molecule has 2 saturated carbocycles. The van der Waals surface area contributed by atoms with Crippen LogP contribution in [-0.2, 0) is 19.1 Å². The van der Waals surface area contributed by atoms with Crippen LogP contribution in [0.25, 0.3) is 22.3 Å². The Morgan fingerprint density at radius 1 is 1.11 bits per heavy atom. The number of hydrogen-bond donors (Lipinski definition) is 4. The summed E-state index contributed by atoms with van der Waals surface area (Å²) in [6.07, 6.45) is 6.39. The first kappa shape index (κ1) is 41.2. The molecule has 57 heavy (non-hydrogen) atoms. The minimum absolute atomic E-state index is 0.00682. The van der Waals surface area contributed by atoms with Gasteiger partial charge in [0.25, 0.3) is 5.91 Å². The van der Waals surface area contributed by atoms with E-state index in [0.29, 0.717) is 33.8 Å². The van der Waals surface area contributed by atoms with Crippen molar-refractivity contribution in [2.24, 2.45) is 11.8 Å². The lowest BCUT2D eigenvalue weighted by Gasteiger charge is -2.35. The molecule has 1 unspecified atom stereocenters. The maximum Gasteiger partial charge on any atom is 0.408 e. The van der Waals surface area contributed by atoms with Gasteiger partial charge < -0.3 is 35.1 Å². The quantitative estimate of drug-likeness (QED) is 0.0945. The molecule has 1 aliphatic heterocycles. The lowest BCUT2D eigenvalue weighted by atomic mass is 9.83. The molecule has 5 atom stereocenters.